The van der Waals surface area contributed by atoms with Crippen LogP contribution in [0, 0.1) is 20.8 Å². The summed E-state index contributed by atoms with van der Waals surface area (Å²) >= 11 is 0. The summed E-state index contributed by atoms with van der Waals surface area (Å²) in [5, 5.41) is 5.75. The highest BCUT2D eigenvalue weighted by Gasteiger charge is 2.31. The smallest absolute Gasteiger partial charge is 0.243 e. The van der Waals surface area contributed by atoms with Gasteiger partial charge in [0.1, 0.15) is 11.6 Å². The van der Waals surface area contributed by atoms with E-state index in [9.17, 15) is 8.42 Å². The normalized spacial score (nSPS) is 14.6. The standard InChI is InChI=1S/C31H32N6O2S/c1-22-9-13-25(14-10-22)21-28-32-30(29-24(3)34-37(31(29)33-28)26-7-5-4-6-8-26)35-17-19-36(20-18-35)40(38,39)27-15-11-23(2)12-16-27/h4-16H,17-21H2,1-3H3. The predicted octanol–water partition coefficient (Wildman–Crippen LogP) is 4.84. The summed E-state index contributed by atoms with van der Waals surface area (Å²) in [5.74, 6) is 1.51. The number of piperazine rings is 1. The van der Waals surface area contributed by atoms with Crippen molar-refractivity contribution < 1.29 is 8.42 Å². The molecule has 8 nitrogen and oxygen atoms in total. The molecule has 40 heavy (non-hydrogen) atoms. The summed E-state index contributed by atoms with van der Waals surface area (Å²) in [6, 6.07) is 25.4. The van der Waals surface area contributed by atoms with Crippen LogP contribution >= 0.6 is 0 Å². The number of para-hydroxylation sites is 1. The first-order valence-electron chi connectivity index (χ1n) is 13.5. The minimum atomic E-state index is -3.56. The van der Waals surface area contributed by atoms with E-state index in [1.807, 2.05) is 61.0 Å². The highest BCUT2D eigenvalue weighted by molar-refractivity contribution is 7.89. The number of hydrogen-bond acceptors (Lipinski definition) is 6. The summed E-state index contributed by atoms with van der Waals surface area (Å²) < 4.78 is 30.1. The van der Waals surface area contributed by atoms with E-state index in [4.69, 9.17) is 15.1 Å². The molecule has 0 radical (unpaired) electrons. The molecule has 0 spiro atoms. The van der Waals surface area contributed by atoms with Gasteiger partial charge in [-0.15, -0.1) is 0 Å². The molecule has 6 rings (SSSR count). The third kappa shape index (κ3) is 4.98. The third-order valence-corrected chi connectivity index (χ3v) is 9.32. The summed E-state index contributed by atoms with van der Waals surface area (Å²) in [6.07, 6.45) is 0.587. The van der Waals surface area contributed by atoms with Crippen molar-refractivity contribution >= 4 is 26.9 Å². The lowest BCUT2D eigenvalue weighted by Gasteiger charge is -2.35. The van der Waals surface area contributed by atoms with E-state index in [1.165, 1.54) is 5.56 Å². The lowest BCUT2D eigenvalue weighted by molar-refractivity contribution is 0.384. The lowest BCUT2D eigenvalue weighted by atomic mass is 10.1. The van der Waals surface area contributed by atoms with Crippen molar-refractivity contribution in [3.05, 3.63) is 107 Å². The second-order valence-electron chi connectivity index (χ2n) is 10.4. The first-order valence-corrected chi connectivity index (χ1v) is 14.9. The van der Waals surface area contributed by atoms with Crippen LogP contribution in [0.15, 0.2) is 83.8 Å². The number of aryl methyl sites for hydroxylation is 3. The minimum absolute atomic E-state index is 0.330. The molecule has 0 N–H and O–H groups in total. The Morgan fingerprint density at radius 1 is 0.750 bits per heavy atom. The molecule has 0 bridgehead atoms. The fourth-order valence-corrected chi connectivity index (χ4v) is 6.57. The number of nitrogens with zero attached hydrogens (tertiary/aromatic N) is 6. The molecule has 9 heteroatoms. The molecule has 0 saturated carbocycles. The molecule has 0 aliphatic carbocycles. The molecule has 2 aromatic heterocycles. The molecule has 3 aromatic carbocycles. The van der Waals surface area contributed by atoms with Crippen LogP contribution in [0.5, 0.6) is 0 Å². The van der Waals surface area contributed by atoms with Gasteiger partial charge in [0.2, 0.25) is 10.0 Å². The zero-order chi connectivity index (χ0) is 27.9. The summed E-state index contributed by atoms with van der Waals surface area (Å²) in [4.78, 5) is 12.6. The quantitative estimate of drug-likeness (QED) is 0.300. The molecule has 0 amide bonds. The molecule has 0 atom stereocenters. The van der Waals surface area contributed by atoms with Crippen molar-refractivity contribution in [2.45, 2.75) is 32.1 Å². The highest BCUT2D eigenvalue weighted by Crippen LogP contribution is 2.31. The Morgan fingerprint density at radius 2 is 1.38 bits per heavy atom. The summed E-state index contributed by atoms with van der Waals surface area (Å²) in [5.41, 5.74) is 5.89. The first-order chi connectivity index (χ1) is 19.3. The second-order valence-corrected chi connectivity index (χ2v) is 12.3. The predicted molar refractivity (Wildman–Crippen MR) is 158 cm³/mol. The largest absolute Gasteiger partial charge is 0.353 e. The van der Waals surface area contributed by atoms with Crippen LogP contribution < -0.4 is 4.90 Å². The van der Waals surface area contributed by atoms with E-state index in [-0.39, 0.29) is 0 Å². The molecular formula is C31H32N6O2S. The van der Waals surface area contributed by atoms with Gasteiger partial charge in [-0.1, -0.05) is 65.7 Å². The number of fused-ring (bicyclic) bond motifs is 1. The third-order valence-electron chi connectivity index (χ3n) is 7.41. The van der Waals surface area contributed by atoms with Crippen molar-refractivity contribution in [2.24, 2.45) is 0 Å². The number of aromatic nitrogens is 4. The first kappa shape index (κ1) is 26.2. The maximum absolute atomic E-state index is 13.3. The zero-order valence-corrected chi connectivity index (χ0v) is 23.8. The van der Waals surface area contributed by atoms with Gasteiger partial charge in [0.05, 0.1) is 21.7 Å². The number of hydrogen-bond donors (Lipinski definition) is 0. The minimum Gasteiger partial charge on any atom is -0.353 e. The van der Waals surface area contributed by atoms with Gasteiger partial charge in [-0.25, -0.2) is 23.1 Å². The Kier molecular flexibility index (Phi) is 6.85. The van der Waals surface area contributed by atoms with Crippen molar-refractivity contribution in [3.8, 4) is 5.69 Å². The monoisotopic (exact) mass is 552 g/mol. The molecular weight excluding hydrogens is 520 g/mol. The van der Waals surface area contributed by atoms with Gasteiger partial charge >= 0.3 is 0 Å². The lowest BCUT2D eigenvalue weighted by Crippen LogP contribution is -2.49. The number of rotatable bonds is 6. The molecule has 1 saturated heterocycles. The second kappa shape index (κ2) is 10.5. The van der Waals surface area contributed by atoms with E-state index in [0.717, 1.165) is 39.4 Å². The molecule has 1 aliphatic heterocycles. The van der Waals surface area contributed by atoms with E-state index in [2.05, 4.69) is 36.1 Å². The van der Waals surface area contributed by atoms with Gasteiger partial charge in [-0.3, -0.25) is 0 Å². The van der Waals surface area contributed by atoms with E-state index >= 15 is 0 Å². The van der Waals surface area contributed by atoms with Crippen LogP contribution in [-0.4, -0.2) is 58.7 Å². The molecule has 1 aliphatic rings. The van der Waals surface area contributed by atoms with Gasteiger partial charge in [-0.05, 0) is 50.6 Å². The van der Waals surface area contributed by atoms with Crippen LogP contribution in [0.4, 0.5) is 5.82 Å². The fourth-order valence-electron chi connectivity index (χ4n) is 5.15. The molecule has 1 fully saturated rings. The van der Waals surface area contributed by atoms with E-state index < -0.39 is 10.0 Å². The van der Waals surface area contributed by atoms with Crippen molar-refractivity contribution in [2.75, 3.05) is 31.1 Å². The Balaban J connectivity index is 1.37. The average molecular weight is 553 g/mol. The maximum atomic E-state index is 13.3. The molecule has 5 aromatic rings. The molecule has 204 valence electrons. The van der Waals surface area contributed by atoms with Gasteiger partial charge in [0.15, 0.2) is 5.65 Å². The fraction of sp³-hybridized carbons (Fsp3) is 0.258. The SMILES string of the molecule is Cc1ccc(Cc2nc(N3CCN(S(=O)(=O)c4ccc(C)cc4)CC3)c3c(C)nn(-c4ccccc4)c3n2)cc1. The Bertz CT molecular complexity index is 1760. The van der Waals surface area contributed by atoms with Crippen LogP contribution in [-0.2, 0) is 16.4 Å². The van der Waals surface area contributed by atoms with Gasteiger partial charge < -0.3 is 4.90 Å². The maximum Gasteiger partial charge on any atom is 0.243 e. The Labute approximate surface area is 235 Å². The van der Waals surface area contributed by atoms with Crippen LogP contribution in [0.3, 0.4) is 0 Å². The van der Waals surface area contributed by atoms with Gasteiger partial charge in [-0.2, -0.15) is 9.40 Å². The van der Waals surface area contributed by atoms with Crippen molar-refractivity contribution in [1.29, 1.82) is 0 Å². The number of benzene rings is 3. The van der Waals surface area contributed by atoms with E-state index in [0.29, 0.717) is 43.3 Å². The average Bonchev–Trinajstić information content (AvgIpc) is 3.31. The topological polar surface area (TPSA) is 84.2 Å². The Hall–Kier alpha value is -4.08. The zero-order valence-electron chi connectivity index (χ0n) is 22.9. The summed E-state index contributed by atoms with van der Waals surface area (Å²) in [6.45, 7) is 7.80. The molecule has 0 unspecified atom stereocenters. The molecule has 3 heterocycles. The van der Waals surface area contributed by atoms with Crippen LogP contribution in [0.25, 0.3) is 16.7 Å². The highest BCUT2D eigenvalue weighted by atomic mass is 32.2. The number of anilines is 1. The van der Waals surface area contributed by atoms with Crippen molar-refractivity contribution in [3.63, 3.8) is 0 Å². The number of sulfonamides is 1. The van der Waals surface area contributed by atoms with Crippen LogP contribution in [0.2, 0.25) is 0 Å². The van der Waals surface area contributed by atoms with E-state index in [1.54, 1.807) is 16.4 Å². The van der Waals surface area contributed by atoms with Crippen molar-refractivity contribution in [1.82, 2.24) is 24.1 Å². The van der Waals surface area contributed by atoms with Gasteiger partial charge in [0, 0.05) is 32.6 Å². The summed E-state index contributed by atoms with van der Waals surface area (Å²) in [7, 11) is -3.56. The van der Waals surface area contributed by atoms with Gasteiger partial charge in [0.25, 0.3) is 0 Å². The van der Waals surface area contributed by atoms with Crippen LogP contribution in [0.1, 0.15) is 28.2 Å². The Morgan fingerprint density at radius 3 is 2.02 bits per heavy atom.